The smallest absolute Gasteiger partial charge is 0.340 e. The van der Waals surface area contributed by atoms with E-state index in [0.29, 0.717) is 0 Å². The Morgan fingerprint density at radius 1 is 0.609 bits per heavy atom. The minimum absolute atomic E-state index is 0.00409. The molecule has 0 aromatic carbocycles. The lowest BCUT2D eigenvalue weighted by molar-refractivity contribution is -0.149. The molecule has 18 heteroatoms. The molecule has 2 atom stereocenters. The monoisotopic (exact) mass is 650 g/mol. The number of hydrogen-bond donors (Lipinski definition) is 2. The predicted octanol–water partition coefficient (Wildman–Crippen LogP) is -1.64. The molecule has 0 aromatic heterocycles. The van der Waals surface area contributed by atoms with E-state index in [-0.39, 0.29) is 13.2 Å². The molecule has 3 aliphatic rings. The van der Waals surface area contributed by atoms with Gasteiger partial charge in [0.05, 0.1) is 52.8 Å². The molecule has 46 heavy (non-hydrogen) atoms. The van der Waals surface area contributed by atoms with E-state index in [9.17, 15) is 38.4 Å². The number of rotatable bonds is 12. The fraction of sp³-hybridized carbons (Fsp3) is 0.429. The van der Waals surface area contributed by atoms with Crippen LogP contribution in [0.3, 0.4) is 0 Å². The van der Waals surface area contributed by atoms with E-state index in [2.05, 4.69) is 10.6 Å². The van der Waals surface area contributed by atoms with Crippen LogP contribution < -0.4 is 10.6 Å². The van der Waals surface area contributed by atoms with E-state index < -0.39 is 118 Å². The molecule has 248 valence electrons. The Balaban J connectivity index is 2.24. The fourth-order valence-corrected chi connectivity index (χ4v) is 4.63. The number of Topliss-reactive ketones (excluding diaryl/α,β-unsaturated/α-hetero) is 2. The summed E-state index contributed by atoms with van der Waals surface area (Å²) >= 11 is 0. The van der Waals surface area contributed by atoms with E-state index in [4.69, 9.17) is 37.9 Å². The number of esters is 6. The molecular formula is C28H30N2O16. The number of methoxy groups -OCH3 is 4. The lowest BCUT2D eigenvalue weighted by Crippen LogP contribution is -2.46. The molecule has 2 unspecified atom stereocenters. The molecule has 1 aliphatic carbocycles. The third-order valence-electron chi connectivity index (χ3n) is 6.52. The van der Waals surface area contributed by atoms with Crippen LogP contribution in [0.1, 0.15) is 13.8 Å². The summed E-state index contributed by atoms with van der Waals surface area (Å²) < 4.78 is 40.2. The molecule has 0 bridgehead atoms. The number of carbonyl (C=O) groups excluding carboxylic acids is 8. The largest absolute Gasteiger partial charge is 0.468 e. The van der Waals surface area contributed by atoms with Gasteiger partial charge in [-0.15, -0.1) is 0 Å². The van der Waals surface area contributed by atoms with Gasteiger partial charge >= 0.3 is 35.8 Å². The summed E-state index contributed by atoms with van der Waals surface area (Å²) in [5.41, 5.74) is -2.83. The fourth-order valence-electron chi connectivity index (χ4n) is 4.63. The zero-order chi connectivity index (χ0) is 34.3. The van der Waals surface area contributed by atoms with Gasteiger partial charge in [0.2, 0.25) is 23.3 Å². The van der Waals surface area contributed by atoms with Crippen molar-refractivity contribution in [2.24, 2.45) is 11.8 Å². The van der Waals surface area contributed by atoms with E-state index >= 15 is 0 Å². The molecule has 0 saturated heterocycles. The summed E-state index contributed by atoms with van der Waals surface area (Å²) in [5.74, 6) is -16.1. The van der Waals surface area contributed by atoms with Crippen molar-refractivity contribution in [2.45, 2.75) is 13.8 Å². The third kappa shape index (κ3) is 6.54. The van der Waals surface area contributed by atoms with Crippen LogP contribution in [0.2, 0.25) is 0 Å². The van der Waals surface area contributed by atoms with Crippen molar-refractivity contribution in [3.05, 3.63) is 45.6 Å². The number of allylic oxidation sites excluding steroid dienone is 2. The Morgan fingerprint density at radius 2 is 0.957 bits per heavy atom. The molecule has 0 radical (unpaired) electrons. The molecule has 3 rings (SSSR count). The maximum absolute atomic E-state index is 14.1. The van der Waals surface area contributed by atoms with E-state index in [1.54, 1.807) is 0 Å². The summed E-state index contributed by atoms with van der Waals surface area (Å²) in [6, 6.07) is 0. The van der Waals surface area contributed by atoms with Gasteiger partial charge in [0, 0.05) is 0 Å². The standard InChI is InChI=1S/C28H30N2O16/c1-7-43-11(31)9-29-23-17(27(37)41-5)13(25(35)39-3)15-20(34)22-16(19(33)21(15)45-23)14(26(36)40-4)18(28(38)42-6)24(46-22)30-10-12(32)44-8-2/h13-14,29-30H,7-10H2,1-6H3. The number of nitrogens with one attached hydrogen (secondary N) is 2. The first-order valence-corrected chi connectivity index (χ1v) is 13.4. The molecule has 0 saturated carbocycles. The van der Waals surface area contributed by atoms with Crippen LogP contribution in [0, 0.1) is 11.8 Å². The highest BCUT2D eigenvalue weighted by Crippen LogP contribution is 2.45. The lowest BCUT2D eigenvalue weighted by atomic mass is 9.75. The van der Waals surface area contributed by atoms with Crippen LogP contribution in [-0.2, 0) is 76.3 Å². The highest BCUT2D eigenvalue weighted by Gasteiger charge is 2.56. The van der Waals surface area contributed by atoms with Crippen LogP contribution in [0.15, 0.2) is 45.6 Å². The van der Waals surface area contributed by atoms with Crippen LogP contribution >= 0.6 is 0 Å². The van der Waals surface area contributed by atoms with Gasteiger partial charge in [-0.05, 0) is 13.8 Å². The molecule has 0 fully saturated rings. The zero-order valence-electron chi connectivity index (χ0n) is 25.5. The van der Waals surface area contributed by atoms with Crippen molar-refractivity contribution in [3.8, 4) is 0 Å². The van der Waals surface area contributed by atoms with Gasteiger partial charge in [0.15, 0.2) is 11.5 Å². The first-order valence-electron chi connectivity index (χ1n) is 13.4. The number of ether oxygens (including phenoxy) is 8. The average molecular weight is 651 g/mol. The van der Waals surface area contributed by atoms with Crippen molar-refractivity contribution >= 4 is 47.4 Å². The minimum Gasteiger partial charge on any atom is -0.468 e. The Hall–Kier alpha value is -5.68. The minimum atomic E-state index is -1.99. The number of ketones is 2. The Morgan fingerprint density at radius 3 is 1.24 bits per heavy atom. The van der Waals surface area contributed by atoms with Crippen LogP contribution in [-0.4, -0.2) is 102 Å². The lowest BCUT2D eigenvalue weighted by Gasteiger charge is -2.36. The summed E-state index contributed by atoms with van der Waals surface area (Å²) in [5, 5.41) is 4.89. The molecule has 18 nitrogen and oxygen atoms in total. The van der Waals surface area contributed by atoms with Crippen molar-refractivity contribution < 1.29 is 76.3 Å². The second-order valence-corrected chi connectivity index (χ2v) is 9.05. The summed E-state index contributed by atoms with van der Waals surface area (Å²) in [6.07, 6.45) is 0. The second-order valence-electron chi connectivity index (χ2n) is 9.05. The summed E-state index contributed by atoms with van der Waals surface area (Å²) in [4.78, 5) is 105. The van der Waals surface area contributed by atoms with Crippen LogP contribution in [0.5, 0.6) is 0 Å². The van der Waals surface area contributed by atoms with Gasteiger partial charge in [-0.3, -0.25) is 28.8 Å². The predicted molar refractivity (Wildman–Crippen MR) is 145 cm³/mol. The molecule has 2 N–H and O–H groups in total. The quantitative estimate of drug-likeness (QED) is 0.137. The highest BCUT2D eigenvalue weighted by atomic mass is 16.6. The Bertz CT molecular complexity index is 1400. The molecule has 2 heterocycles. The maximum Gasteiger partial charge on any atom is 0.340 e. The summed E-state index contributed by atoms with van der Waals surface area (Å²) in [7, 11) is 3.78. The number of carbonyl (C=O) groups is 8. The van der Waals surface area contributed by atoms with Gasteiger partial charge in [-0.25, -0.2) is 9.59 Å². The maximum atomic E-state index is 14.1. The first kappa shape index (κ1) is 34.8. The third-order valence-corrected chi connectivity index (χ3v) is 6.52. The van der Waals surface area contributed by atoms with E-state index in [1.807, 2.05) is 0 Å². The molecule has 2 aliphatic heterocycles. The topological polar surface area (TPSA) is 234 Å². The van der Waals surface area contributed by atoms with Gasteiger partial charge in [0.1, 0.15) is 36.1 Å². The zero-order valence-corrected chi connectivity index (χ0v) is 25.5. The average Bonchev–Trinajstić information content (AvgIpc) is 3.05. The SMILES string of the molecule is CCOC(=O)CNC1=C(C(=O)OC)C(C(=O)OC)C2=C(O1)C(=O)C1=C(OC(NCC(=O)OCC)=C(C(=O)OC)C1C(=O)OC)C2=O. The molecule has 0 spiro atoms. The van der Waals surface area contributed by atoms with Crippen molar-refractivity contribution in [3.63, 3.8) is 0 Å². The number of hydrogen-bond acceptors (Lipinski definition) is 18. The first-order chi connectivity index (χ1) is 21.9. The van der Waals surface area contributed by atoms with Crippen molar-refractivity contribution in [2.75, 3.05) is 54.7 Å². The Labute approximate surface area is 260 Å². The molecule has 0 aromatic rings. The van der Waals surface area contributed by atoms with Gasteiger partial charge < -0.3 is 48.5 Å². The van der Waals surface area contributed by atoms with Crippen LogP contribution in [0.25, 0.3) is 0 Å². The van der Waals surface area contributed by atoms with Crippen LogP contribution in [0.4, 0.5) is 0 Å². The van der Waals surface area contributed by atoms with Crippen molar-refractivity contribution in [1.29, 1.82) is 0 Å². The van der Waals surface area contributed by atoms with E-state index in [0.717, 1.165) is 28.4 Å². The molecular weight excluding hydrogens is 620 g/mol. The van der Waals surface area contributed by atoms with Gasteiger partial charge in [-0.1, -0.05) is 0 Å². The van der Waals surface area contributed by atoms with Gasteiger partial charge in [0.25, 0.3) is 0 Å². The molecule has 0 amide bonds. The Kier molecular flexibility index (Phi) is 11.2. The van der Waals surface area contributed by atoms with Gasteiger partial charge in [-0.2, -0.15) is 0 Å². The van der Waals surface area contributed by atoms with E-state index in [1.165, 1.54) is 13.8 Å². The summed E-state index contributed by atoms with van der Waals surface area (Å²) in [6.45, 7) is 1.80. The van der Waals surface area contributed by atoms with Crippen molar-refractivity contribution in [1.82, 2.24) is 10.6 Å². The highest BCUT2D eigenvalue weighted by molar-refractivity contribution is 6.28. The second kappa shape index (κ2) is 14.9. The normalized spacial score (nSPS) is 18.7.